The van der Waals surface area contributed by atoms with E-state index in [1.165, 1.54) is 0 Å². The normalized spacial score (nSPS) is 24.9. The van der Waals surface area contributed by atoms with E-state index in [0.717, 1.165) is 16.7 Å². The van der Waals surface area contributed by atoms with Crippen molar-refractivity contribution in [1.29, 1.82) is 0 Å². The first-order valence-electron chi connectivity index (χ1n) is 6.95. The van der Waals surface area contributed by atoms with Gasteiger partial charge >= 0.3 is 0 Å². The Morgan fingerprint density at radius 3 is 2.05 bits per heavy atom. The summed E-state index contributed by atoms with van der Waals surface area (Å²) in [6, 6.07) is 3.72. The van der Waals surface area contributed by atoms with Gasteiger partial charge in [0.1, 0.15) is 0 Å². The number of hydrogen-bond donors (Lipinski definition) is 0. The lowest BCUT2D eigenvalue weighted by molar-refractivity contribution is -0.0440. The maximum atomic E-state index is 12.8. The zero-order valence-electron chi connectivity index (χ0n) is 12.8. The van der Waals surface area contributed by atoms with E-state index >= 15 is 0 Å². The van der Waals surface area contributed by atoms with Crippen LogP contribution in [0.2, 0.25) is 0 Å². The van der Waals surface area contributed by atoms with Crippen molar-refractivity contribution in [2.75, 3.05) is 13.1 Å². The van der Waals surface area contributed by atoms with Crippen molar-refractivity contribution in [2.45, 2.75) is 51.7 Å². The number of nitrogens with zero attached hydrogens (tertiary/aromatic N) is 1. The molecule has 2 rings (SSSR count). The maximum Gasteiger partial charge on any atom is 0.243 e. The molecule has 0 saturated carbocycles. The summed E-state index contributed by atoms with van der Waals surface area (Å²) in [5.74, 6) is 0. The second-order valence-electron chi connectivity index (χ2n) is 5.78. The highest BCUT2D eigenvalue weighted by atomic mass is 32.2. The van der Waals surface area contributed by atoms with Crippen LogP contribution in [0.3, 0.4) is 0 Å². The average Bonchev–Trinajstić information content (AvgIpc) is 2.32. The molecular weight excluding hydrogens is 274 g/mol. The summed E-state index contributed by atoms with van der Waals surface area (Å²) in [4.78, 5) is 0.418. The molecule has 0 bridgehead atoms. The SMILES string of the molecule is Cc1cc(C)c(S(=O)(=O)N2CC(C)OC(C)C2)cc1C. The van der Waals surface area contributed by atoms with Gasteiger partial charge in [0.25, 0.3) is 0 Å². The molecule has 2 unspecified atom stereocenters. The summed E-state index contributed by atoms with van der Waals surface area (Å²) in [6.45, 7) is 10.4. The van der Waals surface area contributed by atoms with Crippen molar-refractivity contribution >= 4 is 10.0 Å². The highest BCUT2D eigenvalue weighted by Gasteiger charge is 2.33. The van der Waals surface area contributed by atoms with Gasteiger partial charge in [-0.3, -0.25) is 0 Å². The first-order chi connectivity index (χ1) is 9.21. The highest BCUT2D eigenvalue weighted by Crippen LogP contribution is 2.25. The second-order valence-corrected chi connectivity index (χ2v) is 7.69. The fraction of sp³-hybridized carbons (Fsp3) is 0.600. The Labute approximate surface area is 121 Å². The summed E-state index contributed by atoms with van der Waals surface area (Å²) in [5.41, 5.74) is 2.92. The van der Waals surface area contributed by atoms with Crippen molar-refractivity contribution in [3.63, 3.8) is 0 Å². The Morgan fingerprint density at radius 2 is 1.50 bits per heavy atom. The summed E-state index contributed by atoms with van der Waals surface area (Å²) >= 11 is 0. The van der Waals surface area contributed by atoms with Gasteiger partial charge in [-0.05, 0) is 57.4 Å². The topological polar surface area (TPSA) is 46.6 Å². The average molecular weight is 297 g/mol. The van der Waals surface area contributed by atoms with E-state index in [9.17, 15) is 8.42 Å². The molecule has 1 fully saturated rings. The third-order valence-electron chi connectivity index (χ3n) is 3.80. The molecule has 1 saturated heterocycles. The van der Waals surface area contributed by atoms with Crippen molar-refractivity contribution in [1.82, 2.24) is 4.31 Å². The Bertz CT molecular complexity index is 600. The van der Waals surface area contributed by atoms with Crippen LogP contribution < -0.4 is 0 Å². The monoisotopic (exact) mass is 297 g/mol. The zero-order valence-corrected chi connectivity index (χ0v) is 13.6. The lowest BCUT2D eigenvalue weighted by atomic mass is 10.1. The highest BCUT2D eigenvalue weighted by molar-refractivity contribution is 7.89. The van der Waals surface area contributed by atoms with Crippen LogP contribution in [0, 0.1) is 20.8 Å². The predicted octanol–water partition coefficient (Wildman–Crippen LogP) is 2.41. The van der Waals surface area contributed by atoms with Crippen molar-refractivity contribution in [3.05, 3.63) is 28.8 Å². The molecule has 0 aromatic heterocycles. The first-order valence-corrected chi connectivity index (χ1v) is 8.39. The summed E-state index contributed by atoms with van der Waals surface area (Å²) < 4.78 is 32.8. The standard InChI is InChI=1S/C15H23NO3S/c1-10-6-12(3)15(7-11(10)2)20(17,18)16-8-13(4)19-14(5)9-16/h6-7,13-14H,8-9H2,1-5H3. The van der Waals surface area contributed by atoms with Crippen LogP contribution in [-0.2, 0) is 14.8 Å². The van der Waals surface area contributed by atoms with E-state index in [4.69, 9.17) is 4.74 Å². The van der Waals surface area contributed by atoms with Crippen LogP contribution in [0.5, 0.6) is 0 Å². The van der Waals surface area contributed by atoms with Crippen LogP contribution in [0.25, 0.3) is 0 Å². The van der Waals surface area contributed by atoms with E-state index in [-0.39, 0.29) is 12.2 Å². The van der Waals surface area contributed by atoms with E-state index < -0.39 is 10.0 Å². The zero-order chi connectivity index (χ0) is 15.1. The molecule has 0 spiro atoms. The second kappa shape index (κ2) is 5.47. The van der Waals surface area contributed by atoms with Crippen molar-refractivity contribution < 1.29 is 13.2 Å². The molecule has 4 nitrogen and oxygen atoms in total. The molecule has 1 aromatic carbocycles. The molecule has 0 radical (unpaired) electrons. The third-order valence-corrected chi connectivity index (χ3v) is 5.77. The largest absolute Gasteiger partial charge is 0.373 e. The van der Waals surface area contributed by atoms with Crippen LogP contribution >= 0.6 is 0 Å². The van der Waals surface area contributed by atoms with Gasteiger partial charge in [0.05, 0.1) is 17.1 Å². The molecule has 1 heterocycles. The van der Waals surface area contributed by atoms with Gasteiger partial charge in [-0.2, -0.15) is 4.31 Å². The van der Waals surface area contributed by atoms with E-state index in [2.05, 4.69) is 0 Å². The summed E-state index contributed by atoms with van der Waals surface area (Å²) in [6.07, 6.45) is -0.138. The number of aryl methyl sites for hydroxylation is 3. The molecule has 20 heavy (non-hydrogen) atoms. The minimum atomic E-state index is -3.44. The number of ether oxygens (including phenoxy) is 1. The first kappa shape index (κ1) is 15.5. The van der Waals surface area contributed by atoms with Gasteiger partial charge in [0, 0.05) is 13.1 Å². The minimum absolute atomic E-state index is 0.0691. The van der Waals surface area contributed by atoms with E-state index in [1.54, 1.807) is 10.4 Å². The number of hydrogen-bond acceptors (Lipinski definition) is 3. The van der Waals surface area contributed by atoms with Crippen LogP contribution in [-0.4, -0.2) is 38.0 Å². The Morgan fingerprint density at radius 1 is 1.00 bits per heavy atom. The smallest absolute Gasteiger partial charge is 0.243 e. The number of benzene rings is 1. The Hall–Kier alpha value is -0.910. The van der Waals surface area contributed by atoms with Gasteiger partial charge in [-0.25, -0.2) is 8.42 Å². The van der Waals surface area contributed by atoms with Crippen molar-refractivity contribution in [2.24, 2.45) is 0 Å². The van der Waals surface area contributed by atoms with Gasteiger partial charge < -0.3 is 4.74 Å². The lowest BCUT2D eigenvalue weighted by Crippen LogP contribution is -2.48. The quantitative estimate of drug-likeness (QED) is 0.842. The minimum Gasteiger partial charge on any atom is -0.373 e. The van der Waals surface area contributed by atoms with E-state index in [1.807, 2.05) is 40.7 Å². The third kappa shape index (κ3) is 2.90. The molecular formula is C15H23NO3S. The van der Waals surface area contributed by atoms with Crippen LogP contribution in [0.4, 0.5) is 0 Å². The van der Waals surface area contributed by atoms with Crippen LogP contribution in [0.1, 0.15) is 30.5 Å². The van der Waals surface area contributed by atoms with Gasteiger partial charge in [-0.1, -0.05) is 6.07 Å². The van der Waals surface area contributed by atoms with Gasteiger partial charge in [0.2, 0.25) is 10.0 Å². The molecule has 2 atom stereocenters. The fourth-order valence-corrected chi connectivity index (χ4v) is 4.56. The Kier molecular flexibility index (Phi) is 4.23. The van der Waals surface area contributed by atoms with E-state index in [0.29, 0.717) is 18.0 Å². The molecule has 1 aliphatic heterocycles. The summed E-state index contributed by atoms with van der Waals surface area (Å²) in [5, 5.41) is 0. The van der Waals surface area contributed by atoms with Crippen molar-refractivity contribution in [3.8, 4) is 0 Å². The molecule has 0 amide bonds. The maximum absolute atomic E-state index is 12.8. The number of morpholine rings is 1. The molecule has 5 heteroatoms. The number of rotatable bonds is 2. The molecule has 0 N–H and O–H groups in total. The fourth-order valence-electron chi connectivity index (χ4n) is 2.68. The predicted molar refractivity (Wildman–Crippen MR) is 79.4 cm³/mol. The number of sulfonamides is 1. The van der Waals surface area contributed by atoms with Crippen LogP contribution in [0.15, 0.2) is 17.0 Å². The molecule has 112 valence electrons. The molecule has 0 aliphatic carbocycles. The van der Waals surface area contributed by atoms with Gasteiger partial charge in [0.15, 0.2) is 0 Å². The molecule has 1 aromatic rings. The Balaban J connectivity index is 2.42. The summed E-state index contributed by atoms with van der Waals surface area (Å²) in [7, 11) is -3.44. The lowest BCUT2D eigenvalue weighted by Gasteiger charge is -2.34. The molecule has 1 aliphatic rings. The van der Waals surface area contributed by atoms with Gasteiger partial charge in [-0.15, -0.1) is 0 Å².